The number of hydrogen-bond donors (Lipinski definition) is 4. The van der Waals surface area contributed by atoms with Crippen LogP contribution in [0.4, 0.5) is 0 Å². The van der Waals surface area contributed by atoms with E-state index in [2.05, 4.69) is 25.9 Å². The van der Waals surface area contributed by atoms with Crippen molar-refractivity contribution in [1.29, 1.82) is 0 Å². The summed E-state index contributed by atoms with van der Waals surface area (Å²) in [5, 5.41) is 10.7. The lowest BCUT2D eigenvalue weighted by molar-refractivity contribution is -0.134. The third-order valence-corrected chi connectivity index (χ3v) is 7.31. The maximum absolute atomic E-state index is 13.7. The minimum Gasteiger partial charge on any atom is -0.352 e. The van der Waals surface area contributed by atoms with Gasteiger partial charge in [-0.2, -0.15) is 0 Å². The summed E-state index contributed by atoms with van der Waals surface area (Å²) in [6, 6.07) is 21.8. The summed E-state index contributed by atoms with van der Waals surface area (Å²) in [6.45, 7) is 4.26. The third kappa shape index (κ3) is 9.36. The molecule has 224 valence electrons. The highest BCUT2D eigenvalue weighted by Gasteiger charge is 2.29. The highest BCUT2D eigenvalue weighted by Crippen LogP contribution is 2.19. The van der Waals surface area contributed by atoms with Crippen LogP contribution in [0.3, 0.4) is 0 Å². The topological polar surface area (TPSA) is 133 Å². The second kappa shape index (κ2) is 15.4. The van der Waals surface area contributed by atoms with Crippen LogP contribution in [0.25, 0.3) is 10.8 Å². The zero-order chi connectivity index (χ0) is 30.6. The number of carbonyl (C=O) groups excluding carboxylic acids is 4. The lowest BCUT2D eigenvalue weighted by Crippen LogP contribution is -2.53. The lowest BCUT2D eigenvalue weighted by Gasteiger charge is -2.24. The minimum atomic E-state index is -0.973. The lowest BCUT2D eigenvalue weighted by atomic mass is 9.94. The number of aromatic nitrogens is 2. The molecule has 9 heteroatoms. The Hall–Kier alpha value is -4.79. The van der Waals surface area contributed by atoms with Crippen LogP contribution in [0.2, 0.25) is 0 Å². The first-order valence-electron chi connectivity index (χ1n) is 14.6. The van der Waals surface area contributed by atoms with Gasteiger partial charge in [0, 0.05) is 31.3 Å². The number of benzene rings is 3. The molecule has 9 nitrogen and oxygen atoms in total. The number of rotatable bonds is 15. The molecule has 3 atom stereocenters. The van der Waals surface area contributed by atoms with Gasteiger partial charge < -0.3 is 25.7 Å². The fourth-order valence-corrected chi connectivity index (χ4v) is 5.15. The molecule has 0 radical (unpaired) electrons. The van der Waals surface area contributed by atoms with E-state index in [1.807, 2.05) is 86.6 Å². The molecule has 0 aliphatic carbocycles. The number of nitrogens with one attached hydrogen (secondary N) is 4. The highest BCUT2D eigenvalue weighted by molar-refractivity contribution is 5.92. The van der Waals surface area contributed by atoms with Crippen molar-refractivity contribution in [3.8, 4) is 0 Å². The zero-order valence-corrected chi connectivity index (χ0v) is 24.6. The van der Waals surface area contributed by atoms with Crippen molar-refractivity contribution in [1.82, 2.24) is 25.9 Å². The second-order valence-electron chi connectivity index (χ2n) is 11.2. The maximum atomic E-state index is 13.7. The van der Waals surface area contributed by atoms with Crippen LogP contribution < -0.4 is 16.0 Å². The van der Waals surface area contributed by atoms with Crippen LogP contribution in [0.1, 0.15) is 43.5 Å². The molecule has 0 aliphatic heterocycles. The largest absolute Gasteiger partial charge is 0.352 e. The van der Waals surface area contributed by atoms with Crippen molar-refractivity contribution >= 4 is 34.8 Å². The standard InChI is InChI=1S/C34H39N5O4/c1-23(2)15-29(21-40)38-34(43)31(18-28-20-35-22-37-28)39-33(42)27(16-24-9-4-3-5-10-24)17-32(41)36-19-26-13-8-12-25-11-6-7-14-30(25)26/h3-14,20-23,27,29,31H,15-19H2,1-2H3,(H,35,37)(H,36,41)(H,38,43)(H,39,42)/t27?,29-,31-/m0/s1. The molecule has 1 heterocycles. The average molecular weight is 582 g/mol. The van der Waals surface area contributed by atoms with Crippen LogP contribution in [-0.4, -0.2) is 46.1 Å². The molecule has 1 aromatic heterocycles. The van der Waals surface area contributed by atoms with Crippen LogP contribution in [0.5, 0.6) is 0 Å². The number of carbonyl (C=O) groups is 4. The molecular formula is C34H39N5O4. The Morgan fingerprint density at radius 3 is 2.35 bits per heavy atom. The summed E-state index contributed by atoms with van der Waals surface area (Å²) in [5.74, 6) is -1.70. The Labute approximate surface area is 251 Å². The number of imidazole rings is 1. The van der Waals surface area contributed by atoms with Gasteiger partial charge in [-0.25, -0.2) is 4.98 Å². The number of H-pyrrole nitrogens is 1. The van der Waals surface area contributed by atoms with Crippen molar-refractivity contribution in [2.24, 2.45) is 11.8 Å². The van der Waals surface area contributed by atoms with E-state index < -0.39 is 29.8 Å². The van der Waals surface area contributed by atoms with Gasteiger partial charge in [0.25, 0.3) is 0 Å². The van der Waals surface area contributed by atoms with E-state index in [-0.39, 0.29) is 24.7 Å². The molecule has 43 heavy (non-hydrogen) atoms. The first-order valence-corrected chi connectivity index (χ1v) is 14.6. The molecule has 4 N–H and O–H groups in total. The summed E-state index contributed by atoms with van der Waals surface area (Å²) < 4.78 is 0. The predicted octanol–water partition coefficient (Wildman–Crippen LogP) is 3.89. The molecule has 3 amide bonds. The number of hydrogen-bond acceptors (Lipinski definition) is 5. The van der Waals surface area contributed by atoms with E-state index in [0.717, 1.165) is 21.9 Å². The Morgan fingerprint density at radius 1 is 0.884 bits per heavy atom. The fraction of sp³-hybridized carbons (Fsp3) is 0.324. The summed E-state index contributed by atoms with van der Waals surface area (Å²) >= 11 is 0. The first kappa shape index (κ1) is 31.2. The van der Waals surface area contributed by atoms with E-state index in [9.17, 15) is 19.2 Å². The number of fused-ring (bicyclic) bond motifs is 1. The van der Waals surface area contributed by atoms with Crippen molar-refractivity contribution < 1.29 is 19.2 Å². The highest BCUT2D eigenvalue weighted by atomic mass is 16.2. The Morgan fingerprint density at radius 2 is 1.63 bits per heavy atom. The molecule has 0 saturated carbocycles. The molecule has 3 aromatic carbocycles. The van der Waals surface area contributed by atoms with Crippen LogP contribution in [0.15, 0.2) is 85.3 Å². The number of nitrogens with zero attached hydrogens (tertiary/aromatic N) is 1. The van der Waals surface area contributed by atoms with Gasteiger partial charge in [-0.3, -0.25) is 14.4 Å². The van der Waals surface area contributed by atoms with Gasteiger partial charge in [0.15, 0.2) is 0 Å². The predicted molar refractivity (Wildman–Crippen MR) is 166 cm³/mol. The molecule has 0 aliphatic rings. The third-order valence-electron chi connectivity index (χ3n) is 7.31. The van der Waals surface area contributed by atoms with Gasteiger partial charge >= 0.3 is 0 Å². The van der Waals surface area contributed by atoms with Crippen molar-refractivity contribution in [2.75, 3.05) is 0 Å². The molecule has 4 rings (SSSR count). The smallest absolute Gasteiger partial charge is 0.243 e. The normalized spacial score (nSPS) is 13.2. The van der Waals surface area contributed by atoms with Crippen LogP contribution in [-0.2, 0) is 38.6 Å². The molecule has 4 aromatic rings. The first-order chi connectivity index (χ1) is 20.8. The molecule has 0 spiro atoms. The molecule has 1 unspecified atom stereocenters. The molecule has 0 bridgehead atoms. The van der Waals surface area contributed by atoms with Gasteiger partial charge in [-0.1, -0.05) is 86.6 Å². The van der Waals surface area contributed by atoms with Gasteiger partial charge in [-0.05, 0) is 40.7 Å². The Bertz CT molecular complexity index is 1500. The summed E-state index contributed by atoms with van der Waals surface area (Å²) in [5.41, 5.74) is 2.54. The van der Waals surface area contributed by atoms with E-state index in [0.29, 0.717) is 31.4 Å². The van der Waals surface area contributed by atoms with Crippen molar-refractivity contribution in [3.63, 3.8) is 0 Å². The molecule has 0 fully saturated rings. The Balaban J connectivity index is 1.49. The van der Waals surface area contributed by atoms with E-state index in [4.69, 9.17) is 0 Å². The van der Waals surface area contributed by atoms with Crippen molar-refractivity contribution in [3.05, 3.63) is 102 Å². The maximum Gasteiger partial charge on any atom is 0.243 e. The van der Waals surface area contributed by atoms with Gasteiger partial charge in [-0.15, -0.1) is 0 Å². The van der Waals surface area contributed by atoms with E-state index in [1.165, 1.54) is 6.33 Å². The number of aromatic amines is 1. The van der Waals surface area contributed by atoms with Crippen molar-refractivity contribution in [2.45, 2.75) is 58.2 Å². The van der Waals surface area contributed by atoms with E-state index in [1.54, 1.807) is 6.20 Å². The van der Waals surface area contributed by atoms with Gasteiger partial charge in [0.1, 0.15) is 12.3 Å². The monoisotopic (exact) mass is 581 g/mol. The van der Waals surface area contributed by atoms with Gasteiger partial charge in [0.05, 0.1) is 18.3 Å². The summed E-state index contributed by atoms with van der Waals surface area (Å²) in [6.07, 6.45) is 4.68. The number of aldehydes is 1. The van der Waals surface area contributed by atoms with Crippen LogP contribution in [0, 0.1) is 11.8 Å². The summed E-state index contributed by atoms with van der Waals surface area (Å²) in [4.78, 5) is 58.9. The van der Waals surface area contributed by atoms with E-state index >= 15 is 0 Å². The zero-order valence-electron chi connectivity index (χ0n) is 24.6. The molecule has 0 saturated heterocycles. The fourth-order valence-electron chi connectivity index (χ4n) is 5.15. The SMILES string of the molecule is CC(C)C[C@@H](C=O)NC(=O)[C@H](Cc1cnc[nH]1)NC(=O)C(CC(=O)NCc1cccc2ccccc12)Cc1ccccc1. The number of amides is 3. The summed E-state index contributed by atoms with van der Waals surface area (Å²) in [7, 11) is 0. The Kier molecular flexibility index (Phi) is 11.2. The van der Waals surface area contributed by atoms with Crippen LogP contribution >= 0.6 is 0 Å². The minimum absolute atomic E-state index is 0.0613. The second-order valence-corrected chi connectivity index (χ2v) is 11.2. The molecular weight excluding hydrogens is 542 g/mol. The average Bonchev–Trinajstić information content (AvgIpc) is 3.52. The van der Waals surface area contributed by atoms with Gasteiger partial charge in [0.2, 0.25) is 17.7 Å². The quantitative estimate of drug-likeness (QED) is 0.158.